The number of carbonyl (C=O) groups is 1. The van der Waals surface area contributed by atoms with Crippen molar-refractivity contribution in [2.24, 2.45) is 7.05 Å². The average molecular weight is 196 g/mol. The van der Waals surface area contributed by atoms with Crippen LogP contribution in [0.5, 0.6) is 0 Å². The van der Waals surface area contributed by atoms with E-state index in [4.69, 9.17) is 5.11 Å². The first kappa shape index (κ1) is 10.8. The molecule has 1 rings (SSSR count). The van der Waals surface area contributed by atoms with E-state index in [1.807, 2.05) is 24.6 Å². The minimum Gasteiger partial charge on any atom is -0.394 e. The standard InChI is InChI=1S/C10H16N2O2/c1-7(6-13)11-10(14)9-5-4-8(2)12(9)3/h4-5,7,13H,6H2,1-3H3,(H,11,14)/t7-/m0/s1. The molecular weight excluding hydrogens is 180 g/mol. The van der Waals surface area contributed by atoms with Crippen LogP contribution in [0.25, 0.3) is 0 Å². The zero-order chi connectivity index (χ0) is 10.7. The third-order valence-electron chi connectivity index (χ3n) is 2.26. The monoisotopic (exact) mass is 196 g/mol. The van der Waals surface area contributed by atoms with E-state index in [9.17, 15) is 4.79 Å². The van der Waals surface area contributed by atoms with Gasteiger partial charge in [-0.25, -0.2) is 0 Å². The number of aromatic nitrogens is 1. The second-order valence-electron chi connectivity index (χ2n) is 3.48. The molecule has 0 aromatic carbocycles. The maximum Gasteiger partial charge on any atom is 0.268 e. The summed E-state index contributed by atoms with van der Waals surface area (Å²) in [5.41, 5.74) is 1.65. The Balaban J connectivity index is 2.75. The Bertz CT molecular complexity index is 331. The lowest BCUT2D eigenvalue weighted by atomic mass is 10.3. The van der Waals surface area contributed by atoms with E-state index < -0.39 is 0 Å². The Kier molecular flexibility index (Phi) is 3.30. The molecule has 0 saturated heterocycles. The van der Waals surface area contributed by atoms with Gasteiger partial charge in [0.15, 0.2) is 0 Å². The van der Waals surface area contributed by atoms with Crippen molar-refractivity contribution >= 4 is 5.91 Å². The van der Waals surface area contributed by atoms with Gasteiger partial charge in [-0.1, -0.05) is 0 Å². The molecule has 0 aliphatic rings. The molecule has 2 N–H and O–H groups in total. The molecule has 0 unspecified atom stereocenters. The van der Waals surface area contributed by atoms with Crippen molar-refractivity contribution in [2.75, 3.05) is 6.61 Å². The van der Waals surface area contributed by atoms with Gasteiger partial charge in [0.1, 0.15) is 5.69 Å². The third kappa shape index (κ3) is 2.14. The Labute approximate surface area is 83.5 Å². The van der Waals surface area contributed by atoms with Crippen LogP contribution in [0.3, 0.4) is 0 Å². The molecule has 78 valence electrons. The maximum atomic E-state index is 11.6. The SMILES string of the molecule is Cc1ccc(C(=O)N[C@@H](C)CO)n1C. The maximum absolute atomic E-state index is 11.6. The summed E-state index contributed by atoms with van der Waals surface area (Å²) < 4.78 is 1.82. The fourth-order valence-electron chi connectivity index (χ4n) is 1.18. The summed E-state index contributed by atoms with van der Waals surface area (Å²) in [6, 6.07) is 3.45. The predicted octanol–water partition coefficient (Wildman–Crippen LogP) is 0.444. The molecule has 0 fully saturated rings. The number of aryl methyl sites for hydroxylation is 1. The average Bonchev–Trinajstić information content (AvgIpc) is 2.47. The highest BCUT2D eigenvalue weighted by Crippen LogP contribution is 2.05. The van der Waals surface area contributed by atoms with E-state index in [0.29, 0.717) is 5.69 Å². The van der Waals surface area contributed by atoms with Crippen LogP contribution in [-0.2, 0) is 7.05 Å². The lowest BCUT2D eigenvalue weighted by molar-refractivity contribution is 0.0914. The van der Waals surface area contributed by atoms with Crippen LogP contribution in [0.1, 0.15) is 23.1 Å². The molecule has 0 aliphatic carbocycles. The highest BCUT2D eigenvalue weighted by molar-refractivity contribution is 5.93. The van der Waals surface area contributed by atoms with Gasteiger partial charge in [0, 0.05) is 18.8 Å². The molecule has 0 aliphatic heterocycles. The van der Waals surface area contributed by atoms with Crippen molar-refractivity contribution in [3.05, 3.63) is 23.5 Å². The number of aliphatic hydroxyl groups excluding tert-OH is 1. The van der Waals surface area contributed by atoms with Crippen molar-refractivity contribution in [3.8, 4) is 0 Å². The quantitative estimate of drug-likeness (QED) is 0.737. The molecule has 1 aromatic heterocycles. The van der Waals surface area contributed by atoms with Gasteiger partial charge in [0.05, 0.1) is 6.61 Å². The molecule has 14 heavy (non-hydrogen) atoms. The highest BCUT2D eigenvalue weighted by atomic mass is 16.3. The third-order valence-corrected chi connectivity index (χ3v) is 2.26. The number of aliphatic hydroxyl groups is 1. The van der Waals surface area contributed by atoms with E-state index in [0.717, 1.165) is 5.69 Å². The molecule has 1 amide bonds. The summed E-state index contributed by atoms with van der Waals surface area (Å²) in [4.78, 5) is 11.6. The zero-order valence-corrected chi connectivity index (χ0v) is 8.74. The molecule has 0 radical (unpaired) electrons. The summed E-state index contributed by atoms with van der Waals surface area (Å²) in [7, 11) is 1.84. The number of hydrogen-bond donors (Lipinski definition) is 2. The Hall–Kier alpha value is -1.29. The van der Waals surface area contributed by atoms with E-state index in [-0.39, 0.29) is 18.6 Å². The molecule has 0 bridgehead atoms. The Morgan fingerprint density at radius 3 is 2.71 bits per heavy atom. The minimum absolute atomic E-state index is 0.0465. The molecule has 1 heterocycles. The minimum atomic E-state index is -0.210. The number of nitrogens with zero attached hydrogens (tertiary/aromatic N) is 1. The topological polar surface area (TPSA) is 54.3 Å². The molecular formula is C10H16N2O2. The summed E-state index contributed by atoms with van der Waals surface area (Å²) >= 11 is 0. The first-order valence-electron chi connectivity index (χ1n) is 4.60. The van der Waals surface area contributed by atoms with Crippen LogP contribution in [0.15, 0.2) is 12.1 Å². The number of amides is 1. The highest BCUT2D eigenvalue weighted by Gasteiger charge is 2.12. The van der Waals surface area contributed by atoms with E-state index in [1.54, 1.807) is 13.0 Å². The molecule has 1 aromatic rings. The van der Waals surface area contributed by atoms with Gasteiger partial charge in [-0.05, 0) is 26.0 Å². The lowest BCUT2D eigenvalue weighted by Crippen LogP contribution is -2.35. The van der Waals surface area contributed by atoms with Crippen LogP contribution >= 0.6 is 0 Å². The first-order valence-corrected chi connectivity index (χ1v) is 4.60. The van der Waals surface area contributed by atoms with Crippen LogP contribution in [0.4, 0.5) is 0 Å². The Morgan fingerprint density at radius 1 is 1.64 bits per heavy atom. The second-order valence-corrected chi connectivity index (χ2v) is 3.48. The van der Waals surface area contributed by atoms with Gasteiger partial charge in [-0.3, -0.25) is 4.79 Å². The van der Waals surface area contributed by atoms with Gasteiger partial charge in [0.25, 0.3) is 5.91 Å². The summed E-state index contributed by atoms with van der Waals surface area (Å²) in [6.45, 7) is 3.65. The Morgan fingerprint density at radius 2 is 2.29 bits per heavy atom. The van der Waals surface area contributed by atoms with Gasteiger partial charge in [0.2, 0.25) is 0 Å². The second kappa shape index (κ2) is 4.28. The van der Waals surface area contributed by atoms with Crippen LogP contribution in [-0.4, -0.2) is 28.2 Å². The van der Waals surface area contributed by atoms with E-state index in [2.05, 4.69) is 5.32 Å². The smallest absolute Gasteiger partial charge is 0.268 e. The fourth-order valence-corrected chi connectivity index (χ4v) is 1.18. The summed E-state index contributed by atoms with van der Waals surface area (Å²) in [6.07, 6.45) is 0. The van der Waals surface area contributed by atoms with Crippen LogP contribution < -0.4 is 5.32 Å². The van der Waals surface area contributed by atoms with Crippen molar-refractivity contribution in [1.29, 1.82) is 0 Å². The van der Waals surface area contributed by atoms with Gasteiger partial charge < -0.3 is 15.0 Å². The molecule has 1 atom stereocenters. The first-order chi connectivity index (χ1) is 6.56. The van der Waals surface area contributed by atoms with E-state index >= 15 is 0 Å². The normalized spacial score (nSPS) is 12.6. The van der Waals surface area contributed by atoms with Crippen LogP contribution in [0, 0.1) is 6.92 Å². The summed E-state index contributed by atoms with van der Waals surface area (Å²) in [5.74, 6) is -0.151. The molecule has 4 heteroatoms. The number of rotatable bonds is 3. The lowest BCUT2D eigenvalue weighted by Gasteiger charge is -2.11. The zero-order valence-electron chi connectivity index (χ0n) is 8.74. The van der Waals surface area contributed by atoms with Gasteiger partial charge in [-0.2, -0.15) is 0 Å². The van der Waals surface area contributed by atoms with E-state index in [1.165, 1.54) is 0 Å². The van der Waals surface area contributed by atoms with Gasteiger partial charge in [-0.15, -0.1) is 0 Å². The van der Waals surface area contributed by atoms with Crippen molar-refractivity contribution in [1.82, 2.24) is 9.88 Å². The largest absolute Gasteiger partial charge is 0.394 e. The fraction of sp³-hybridized carbons (Fsp3) is 0.500. The predicted molar refractivity (Wildman–Crippen MR) is 54.2 cm³/mol. The number of nitrogens with one attached hydrogen (secondary N) is 1. The number of hydrogen-bond acceptors (Lipinski definition) is 2. The van der Waals surface area contributed by atoms with Crippen molar-refractivity contribution in [2.45, 2.75) is 19.9 Å². The van der Waals surface area contributed by atoms with Gasteiger partial charge >= 0.3 is 0 Å². The molecule has 0 saturated carbocycles. The van der Waals surface area contributed by atoms with Crippen molar-refractivity contribution < 1.29 is 9.90 Å². The van der Waals surface area contributed by atoms with Crippen LogP contribution in [0.2, 0.25) is 0 Å². The van der Waals surface area contributed by atoms with Crippen molar-refractivity contribution in [3.63, 3.8) is 0 Å². The number of carbonyl (C=O) groups excluding carboxylic acids is 1. The molecule has 4 nitrogen and oxygen atoms in total. The summed E-state index contributed by atoms with van der Waals surface area (Å²) in [5, 5.41) is 11.5. The molecule has 0 spiro atoms.